The number of methoxy groups -OCH3 is 1. The number of halogens is 1. The normalized spacial score (nSPS) is 10.8. The van der Waals surface area contributed by atoms with Crippen LogP contribution < -0.4 is 4.74 Å². The lowest BCUT2D eigenvalue weighted by atomic mass is 9.88. The van der Waals surface area contributed by atoms with Gasteiger partial charge in [-0.2, -0.15) is 0 Å². The van der Waals surface area contributed by atoms with Crippen molar-refractivity contribution in [3.8, 4) is 17.0 Å². The summed E-state index contributed by atoms with van der Waals surface area (Å²) in [7, 11) is 1.52. The average molecular weight is 317 g/mol. The highest BCUT2D eigenvalue weighted by Gasteiger charge is 2.16. The summed E-state index contributed by atoms with van der Waals surface area (Å²) < 4.78 is 19.2. The molecule has 1 N–H and O–H groups in total. The number of aromatic nitrogens is 1. The molecule has 5 heteroatoms. The summed E-state index contributed by atoms with van der Waals surface area (Å²) in [6, 6.07) is 6.43. The van der Waals surface area contributed by atoms with E-state index in [1.165, 1.54) is 19.2 Å². The molecular formula is C18H20FNO3. The zero-order valence-electron chi connectivity index (χ0n) is 13.5. The van der Waals surface area contributed by atoms with Crippen molar-refractivity contribution in [3.05, 3.63) is 47.4 Å². The van der Waals surface area contributed by atoms with Crippen LogP contribution in [0, 0.1) is 5.82 Å². The highest BCUT2D eigenvalue weighted by Crippen LogP contribution is 2.33. The second kappa shape index (κ2) is 7.22. The Balaban J connectivity index is 2.61. The van der Waals surface area contributed by atoms with Gasteiger partial charge >= 0.3 is 5.97 Å². The van der Waals surface area contributed by atoms with Crippen molar-refractivity contribution < 1.29 is 19.0 Å². The number of carbonyl (C=O) groups is 1. The van der Waals surface area contributed by atoms with Crippen LogP contribution in [0.5, 0.6) is 5.88 Å². The molecular weight excluding hydrogens is 297 g/mol. The molecule has 0 aliphatic heterocycles. The van der Waals surface area contributed by atoms with E-state index in [-0.39, 0.29) is 18.2 Å². The smallest absolute Gasteiger partial charge is 0.303 e. The van der Waals surface area contributed by atoms with E-state index in [0.29, 0.717) is 17.9 Å². The van der Waals surface area contributed by atoms with E-state index in [2.05, 4.69) is 4.98 Å². The van der Waals surface area contributed by atoms with Gasteiger partial charge in [-0.1, -0.05) is 13.8 Å². The Bertz CT molecular complexity index is 713. The number of pyridine rings is 1. The Labute approximate surface area is 134 Å². The van der Waals surface area contributed by atoms with E-state index in [9.17, 15) is 9.18 Å². The van der Waals surface area contributed by atoms with Gasteiger partial charge in [0.25, 0.3) is 0 Å². The Kier molecular flexibility index (Phi) is 5.32. The molecule has 0 bridgehead atoms. The number of carboxylic acid groups (broad SMARTS) is 1. The fourth-order valence-electron chi connectivity index (χ4n) is 2.63. The van der Waals surface area contributed by atoms with Gasteiger partial charge in [0.2, 0.25) is 5.88 Å². The molecule has 122 valence electrons. The lowest BCUT2D eigenvalue weighted by Gasteiger charge is -2.18. The highest BCUT2D eigenvalue weighted by molar-refractivity contribution is 5.72. The number of aliphatic carboxylic acids is 1. The third-order valence-corrected chi connectivity index (χ3v) is 3.72. The van der Waals surface area contributed by atoms with Gasteiger partial charge < -0.3 is 9.84 Å². The fourth-order valence-corrected chi connectivity index (χ4v) is 2.63. The largest absolute Gasteiger partial charge is 0.481 e. The Morgan fingerprint density at radius 1 is 1.35 bits per heavy atom. The monoisotopic (exact) mass is 317 g/mol. The molecule has 0 spiro atoms. The molecule has 0 fully saturated rings. The number of ether oxygens (including phenoxy) is 1. The van der Waals surface area contributed by atoms with E-state index >= 15 is 0 Å². The first-order chi connectivity index (χ1) is 10.9. The second-order valence-corrected chi connectivity index (χ2v) is 5.66. The molecule has 2 rings (SSSR count). The standard InChI is InChI=1S/C18H20FNO3/c1-11(2)15-9-13(19)10-16(14(15)4-5-18(21)22)12-6-7-20-17(8-12)23-3/h6-11H,4-5H2,1-3H3,(H,21,22). The van der Waals surface area contributed by atoms with Crippen molar-refractivity contribution in [3.63, 3.8) is 0 Å². The van der Waals surface area contributed by atoms with Crippen LogP contribution in [-0.2, 0) is 11.2 Å². The van der Waals surface area contributed by atoms with Gasteiger partial charge in [-0.15, -0.1) is 0 Å². The summed E-state index contributed by atoms with van der Waals surface area (Å²) in [6.45, 7) is 3.94. The van der Waals surface area contributed by atoms with Crippen LogP contribution in [0.1, 0.15) is 37.3 Å². The molecule has 0 unspecified atom stereocenters. The molecule has 0 atom stereocenters. The van der Waals surface area contributed by atoms with E-state index in [1.54, 1.807) is 18.3 Å². The summed E-state index contributed by atoms with van der Waals surface area (Å²) in [6.07, 6.45) is 1.94. The molecule has 0 aliphatic carbocycles. The van der Waals surface area contributed by atoms with Crippen molar-refractivity contribution in [2.24, 2.45) is 0 Å². The van der Waals surface area contributed by atoms with Crippen LogP contribution in [0.15, 0.2) is 30.5 Å². The molecule has 0 amide bonds. The van der Waals surface area contributed by atoms with Gasteiger partial charge in [-0.25, -0.2) is 9.37 Å². The van der Waals surface area contributed by atoms with Gasteiger partial charge in [0.15, 0.2) is 0 Å². The van der Waals surface area contributed by atoms with Crippen molar-refractivity contribution in [2.75, 3.05) is 7.11 Å². The van der Waals surface area contributed by atoms with E-state index in [0.717, 1.165) is 16.7 Å². The summed E-state index contributed by atoms with van der Waals surface area (Å²) >= 11 is 0. The molecule has 4 nitrogen and oxygen atoms in total. The third-order valence-electron chi connectivity index (χ3n) is 3.72. The third kappa shape index (κ3) is 4.06. The molecule has 0 saturated carbocycles. The minimum absolute atomic E-state index is 0.000566. The fraction of sp³-hybridized carbons (Fsp3) is 0.333. The first-order valence-corrected chi connectivity index (χ1v) is 7.47. The molecule has 1 heterocycles. The van der Waals surface area contributed by atoms with Gasteiger partial charge in [-0.3, -0.25) is 4.79 Å². The van der Waals surface area contributed by atoms with E-state index < -0.39 is 5.97 Å². The van der Waals surface area contributed by atoms with Crippen LogP contribution in [0.25, 0.3) is 11.1 Å². The zero-order chi connectivity index (χ0) is 17.0. The van der Waals surface area contributed by atoms with E-state index in [4.69, 9.17) is 9.84 Å². The average Bonchev–Trinajstić information content (AvgIpc) is 2.52. The predicted octanol–water partition coefficient (Wildman–Crippen LogP) is 4.04. The minimum Gasteiger partial charge on any atom is -0.481 e. The predicted molar refractivity (Wildman–Crippen MR) is 86.2 cm³/mol. The second-order valence-electron chi connectivity index (χ2n) is 5.66. The molecule has 0 aliphatic rings. The number of hydrogen-bond donors (Lipinski definition) is 1. The zero-order valence-corrected chi connectivity index (χ0v) is 13.5. The Morgan fingerprint density at radius 3 is 2.70 bits per heavy atom. The van der Waals surface area contributed by atoms with Crippen LogP contribution >= 0.6 is 0 Å². The quantitative estimate of drug-likeness (QED) is 0.873. The van der Waals surface area contributed by atoms with Gasteiger partial charge in [0, 0.05) is 18.7 Å². The molecule has 1 aromatic heterocycles. The number of benzene rings is 1. The first-order valence-electron chi connectivity index (χ1n) is 7.47. The summed E-state index contributed by atoms with van der Waals surface area (Å²) in [5.41, 5.74) is 3.14. The SMILES string of the molecule is COc1cc(-c2cc(F)cc(C(C)C)c2CCC(=O)O)ccn1. The summed E-state index contributed by atoms with van der Waals surface area (Å²) in [5, 5.41) is 9.00. The molecule has 1 aromatic carbocycles. The van der Waals surface area contributed by atoms with Gasteiger partial charge in [0.1, 0.15) is 5.82 Å². The molecule has 0 radical (unpaired) electrons. The highest BCUT2D eigenvalue weighted by atomic mass is 19.1. The minimum atomic E-state index is -0.873. The van der Waals surface area contributed by atoms with Crippen molar-refractivity contribution in [2.45, 2.75) is 32.6 Å². The molecule has 23 heavy (non-hydrogen) atoms. The Morgan fingerprint density at radius 2 is 2.09 bits per heavy atom. The number of nitrogens with zero attached hydrogens (tertiary/aromatic N) is 1. The molecule has 0 saturated heterocycles. The van der Waals surface area contributed by atoms with Crippen molar-refractivity contribution in [1.29, 1.82) is 0 Å². The topological polar surface area (TPSA) is 59.4 Å². The maximum absolute atomic E-state index is 14.1. The first kappa shape index (κ1) is 16.9. The van der Waals surface area contributed by atoms with Crippen molar-refractivity contribution in [1.82, 2.24) is 4.98 Å². The number of rotatable bonds is 6. The van der Waals surface area contributed by atoms with E-state index in [1.807, 2.05) is 13.8 Å². The molecule has 2 aromatic rings. The summed E-state index contributed by atoms with van der Waals surface area (Å²) in [5.74, 6) is -0.681. The van der Waals surface area contributed by atoms with Gasteiger partial charge in [-0.05, 0) is 52.8 Å². The Hall–Kier alpha value is -2.43. The van der Waals surface area contributed by atoms with Crippen LogP contribution in [0.3, 0.4) is 0 Å². The number of hydrogen-bond acceptors (Lipinski definition) is 3. The maximum Gasteiger partial charge on any atom is 0.303 e. The van der Waals surface area contributed by atoms with Crippen LogP contribution in [0.4, 0.5) is 4.39 Å². The lowest BCUT2D eigenvalue weighted by Crippen LogP contribution is -2.05. The number of carboxylic acids is 1. The van der Waals surface area contributed by atoms with Crippen LogP contribution in [0.2, 0.25) is 0 Å². The van der Waals surface area contributed by atoms with Crippen LogP contribution in [-0.4, -0.2) is 23.2 Å². The lowest BCUT2D eigenvalue weighted by molar-refractivity contribution is -0.136. The maximum atomic E-state index is 14.1. The summed E-state index contributed by atoms with van der Waals surface area (Å²) in [4.78, 5) is 15.0. The van der Waals surface area contributed by atoms with Gasteiger partial charge in [0.05, 0.1) is 7.11 Å². The van der Waals surface area contributed by atoms with Crippen molar-refractivity contribution >= 4 is 5.97 Å².